The topological polar surface area (TPSA) is 61.8 Å². The molecule has 0 spiro atoms. The Morgan fingerprint density at radius 2 is 1.39 bits per heavy atom. The molecule has 234 valence electrons. The molecule has 3 atom stereocenters. The highest BCUT2D eigenvalue weighted by molar-refractivity contribution is 5.92. The Kier molecular flexibility index (Phi) is 13.2. The van der Waals surface area contributed by atoms with E-state index < -0.39 is 24.0 Å². The van der Waals surface area contributed by atoms with Gasteiger partial charge in [0.05, 0.1) is 0 Å². The molecule has 5 nitrogen and oxygen atoms in total. The normalized spacial score (nSPS) is 18.4. The molecule has 1 aromatic rings. The zero-order valence-electron chi connectivity index (χ0n) is 28.3. The van der Waals surface area contributed by atoms with Crippen LogP contribution in [-0.2, 0) is 20.7 Å². The third-order valence-corrected chi connectivity index (χ3v) is 8.76. The summed E-state index contributed by atoms with van der Waals surface area (Å²) in [6, 6.07) is 0. The molecule has 0 aliphatic carbocycles. The fraction of sp³-hybridized carbons (Fsp3) is 0.778. The predicted octanol–water partition coefficient (Wildman–Crippen LogP) is 9.77. The zero-order chi connectivity index (χ0) is 31.0. The Balaban J connectivity index is 1.90. The number of benzene rings is 1. The number of hydrogen-bond donors (Lipinski definition) is 0. The molecule has 1 aromatic carbocycles. The molecule has 0 N–H and O–H groups in total. The average molecular weight is 573 g/mol. The second kappa shape index (κ2) is 15.4. The van der Waals surface area contributed by atoms with Crippen LogP contribution >= 0.6 is 0 Å². The van der Waals surface area contributed by atoms with Gasteiger partial charge in [0, 0.05) is 5.56 Å². The van der Waals surface area contributed by atoms with Crippen LogP contribution in [-0.4, -0.2) is 23.1 Å². The first-order valence-electron chi connectivity index (χ1n) is 16.3. The van der Waals surface area contributed by atoms with Crippen molar-refractivity contribution in [3.05, 3.63) is 22.3 Å². The smallest absolute Gasteiger partial charge is 0.322 e. The number of ether oxygens (including phenoxy) is 3. The third kappa shape index (κ3) is 11.6. The van der Waals surface area contributed by atoms with Crippen molar-refractivity contribution < 1.29 is 23.8 Å². The Hall–Kier alpha value is -2.04. The van der Waals surface area contributed by atoms with Gasteiger partial charge in [-0.2, -0.15) is 0 Å². The zero-order valence-corrected chi connectivity index (χ0v) is 28.3. The first-order chi connectivity index (χ1) is 19.0. The minimum Gasteiger partial charge on any atom is -0.487 e. The van der Waals surface area contributed by atoms with Gasteiger partial charge in [0.2, 0.25) is 0 Å². The van der Waals surface area contributed by atoms with Gasteiger partial charge >= 0.3 is 11.9 Å². The van der Waals surface area contributed by atoms with E-state index in [1.165, 1.54) is 51.4 Å². The van der Waals surface area contributed by atoms with Gasteiger partial charge in [0.25, 0.3) is 0 Å². The van der Waals surface area contributed by atoms with E-state index in [-0.39, 0.29) is 5.60 Å². The van der Waals surface area contributed by atoms with Crippen LogP contribution in [0.3, 0.4) is 0 Å². The van der Waals surface area contributed by atoms with Crippen LogP contribution in [0, 0.1) is 38.5 Å². The van der Waals surface area contributed by atoms with Crippen LogP contribution in [0.1, 0.15) is 148 Å². The molecule has 0 amide bonds. The summed E-state index contributed by atoms with van der Waals surface area (Å²) in [5, 5.41) is 0. The molecule has 0 saturated carbocycles. The lowest BCUT2D eigenvalue weighted by molar-refractivity contribution is -0.158. The van der Waals surface area contributed by atoms with Crippen LogP contribution in [0.2, 0.25) is 0 Å². The van der Waals surface area contributed by atoms with E-state index in [1.807, 2.05) is 20.8 Å². The van der Waals surface area contributed by atoms with Crippen LogP contribution in [0.4, 0.5) is 0 Å². The summed E-state index contributed by atoms with van der Waals surface area (Å²) in [5.41, 5.74) is 3.11. The van der Waals surface area contributed by atoms with Gasteiger partial charge in [-0.05, 0) is 109 Å². The number of esters is 2. The number of hydrogen-bond acceptors (Lipinski definition) is 5. The molecule has 0 bridgehead atoms. The summed E-state index contributed by atoms with van der Waals surface area (Å²) in [5.74, 6) is 2.74. The Morgan fingerprint density at radius 3 is 1.95 bits per heavy atom. The van der Waals surface area contributed by atoms with Gasteiger partial charge in [-0.3, -0.25) is 9.59 Å². The second-order valence-electron chi connectivity index (χ2n) is 14.7. The minimum absolute atomic E-state index is 0.184. The summed E-state index contributed by atoms with van der Waals surface area (Å²) >= 11 is 0. The summed E-state index contributed by atoms with van der Waals surface area (Å²) < 4.78 is 17.7. The fourth-order valence-corrected chi connectivity index (χ4v) is 6.06. The van der Waals surface area contributed by atoms with Crippen LogP contribution < -0.4 is 9.47 Å². The maximum Gasteiger partial charge on any atom is 0.322 e. The number of carbonyl (C=O) groups is 2. The molecule has 2 rings (SSSR count). The monoisotopic (exact) mass is 572 g/mol. The highest BCUT2D eigenvalue weighted by Gasteiger charge is 2.35. The maximum atomic E-state index is 12.6. The van der Waals surface area contributed by atoms with E-state index in [0.29, 0.717) is 5.75 Å². The molecule has 1 aliphatic rings. The van der Waals surface area contributed by atoms with Gasteiger partial charge in [0.15, 0.2) is 0 Å². The average Bonchev–Trinajstić information content (AvgIpc) is 2.83. The first kappa shape index (κ1) is 35.2. The molecular formula is C36H60O5. The van der Waals surface area contributed by atoms with E-state index in [1.54, 1.807) is 20.8 Å². The van der Waals surface area contributed by atoms with Crippen molar-refractivity contribution in [2.45, 2.75) is 164 Å². The van der Waals surface area contributed by atoms with E-state index in [9.17, 15) is 9.59 Å². The van der Waals surface area contributed by atoms with Crippen LogP contribution in [0.25, 0.3) is 0 Å². The van der Waals surface area contributed by atoms with Gasteiger partial charge in [-0.1, -0.05) is 72.6 Å². The van der Waals surface area contributed by atoms with Crippen LogP contribution in [0.5, 0.6) is 11.5 Å². The Bertz CT molecular complexity index is 1020. The molecule has 0 saturated heterocycles. The van der Waals surface area contributed by atoms with Crippen molar-refractivity contribution in [2.24, 2.45) is 17.8 Å². The van der Waals surface area contributed by atoms with E-state index in [4.69, 9.17) is 14.2 Å². The van der Waals surface area contributed by atoms with E-state index in [0.717, 1.165) is 65.0 Å². The third-order valence-electron chi connectivity index (χ3n) is 8.76. The SMILES string of the molecule is Cc1c(C)c2c(c(C)c1OC(=O)CC(=O)OC(C)(C)C)CC[C@@](C)(CCC[C@@H](C)CCC[C@@H](C)CCCC(C)C)O2. The van der Waals surface area contributed by atoms with Crippen molar-refractivity contribution in [3.8, 4) is 11.5 Å². The van der Waals surface area contributed by atoms with Crippen molar-refractivity contribution in [1.82, 2.24) is 0 Å². The largest absolute Gasteiger partial charge is 0.487 e. The van der Waals surface area contributed by atoms with Gasteiger partial charge in [-0.15, -0.1) is 0 Å². The summed E-state index contributed by atoms with van der Waals surface area (Å²) in [4.78, 5) is 24.7. The number of rotatable bonds is 15. The highest BCUT2D eigenvalue weighted by atomic mass is 16.6. The number of fused-ring (bicyclic) bond motifs is 1. The summed E-state index contributed by atoms with van der Waals surface area (Å²) in [7, 11) is 0. The minimum atomic E-state index is -0.640. The summed E-state index contributed by atoms with van der Waals surface area (Å²) in [6.07, 6.45) is 13.0. The lowest BCUT2D eigenvalue weighted by atomic mass is 9.83. The van der Waals surface area contributed by atoms with Crippen molar-refractivity contribution in [1.29, 1.82) is 0 Å². The first-order valence-corrected chi connectivity index (χ1v) is 16.3. The molecule has 0 unspecified atom stereocenters. The van der Waals surface area contributed by atoms with Gasteiger partial charge in [0.1, 0.15) is 29.1 Å². The summed E-state index contributed by atoms with van der Waals surface area (Å²) in [6.45, 7) is 23.0. The van der Waals surface area contributed by atoms with Gasteiger partial charge in [-0.25, -0.2) is 0 Å². The Morgan fingerprint density at radius 1 is 0.829 bits per heavy atom. The lowest BCUT2D eigenvalue weighted by Crippen LogP contribution is -2.37. The van der Waals surface area contributed by atoms with Crippen molar-refractivity contribution >= 4 is 11.9 Å². The molecule has 0 fully saturated rings. The standard InChI is InChI=1S/C36H60O5/c1-24(2)15-12-16-25(3)17-13-18-26(4)19-14-21-36(11)22-20-30-29(7)33(27(5)28(6)34(30)41-36)39-31(37)23-32(38)40-35(8,9)10/h24-26H,12-23H2,1-11H3/t25-,26-,36+/m0/s1. The molecule has 41 heavy (non-hydrogen) atoms. The van der Waals surface area contributed by atoms with Gasteiger partial charge < -0.3 is 14.2 Å². The number of carbonyl (C=O) groups excluding carboxylic acids is 2. The van der Waals surface area contributed by atoms with E-state index in [2.05, 4.69) is 34.6 Å². The Labute approximate surface area is 251 Å². The molecule has 0 aromatic heterocycles. The van der Waals surface area contributed by atoms with Crippen molar-refractivity contribution in [3.63, 3.8) is 0 Å². The van der Waals surface area contributed by atoms with E-state index >= 15 is 0 Å². The quantitative estimate of drug-likeness (QED) is 0.119. The molecular weight excluding hydrogens is 512 g/mol. The van der Waals surface area contributed by atoms with Crippen molar-refractivity contribution in [2.75, 3.05) is 0 Å². The second-order valence-corrected chi connectivity index (χ2v) is 14.7. The predicted molar refractivity (Wildman–Crippen MR) is 169 cm³/mol. The molecule has 1 aliphatic heterocycles. The maximum absolute atomic E-state index is 12.6. The highest BCUT2D eigenvalue weighted by Crippen LogP contribution is 2.45. The lowest BCUT2D eigenvalue weighted by Gasteiger charge is -2.38. The van der Waals surface area contributed by atoms with Crippen LogP contribution in [0.15, 0.2) is 0 Å². The molecule has 5 heteroatoms. The molecule has 1 heterocycles. The fourth-order valence-electron chi connectivity index (χ4n) is 6.06. The molecule has 0 radical (unpaired) electrons.